The predicted molar refractivity (Wildman–Crippen MR) is 69.1 cm³/mol. The molecule has 3 N–H and O–H groups in total. The predicted octanol–water partition coefficient (Wildman–Crippen LogP) is 0.587. The second kappa shape index (κ2) is 4.32. The van der Waals surface area contributed by atoms with Crippen LogP contribution in [0.2, 0.25) is 0 Å². The Morgan fingerprint density at radius 1 is 1.16 bits per heavy atom. The van der Waals surface area contributed by atoms with E-state index in [0.29, 0.717) is 5.56 Å². The summed E-state index contributed by atoms with van der Waals surface area (Å²) in [5.74, 6) is -0.0320. The van der Waals surface area contributed by atoms with Crippen LogP contribution in [0.5, 0.6) is 0 Å². The minimum absolute atomic E-state index is 0.0320. The maximum absolute atomic E-state index is 11.8. The van der Waals surface area contributed by atoms with Gasteiger partial charge in [0, 0.05) is 0 Å². The summed E-state index contributed by atoms with van der Waals surface area (Å²) >= 11 is 0. The molecule has 1 heterocycles. The van der Waals surface area contributed by atoms with Gasteiger partial charge >= 0.3 is 5.69 Å². The highest BCUT2D eigenvalue weighted by molar-refractivity contribution is 7.86. The summed E-state index contributed by atoms with van der Waals surface area (Å²) in [6, 6.07) is 2.62. The number of hydrogen-bond acceptors (Lipinski definition) is 4. The first-order valence-electron chi connectivity index (χ1n) is 5.48. The quantitative estimate of drug-likeness (QED) is 0.697. The van der Waals surface area contributed by atoms with Gasteiger partial charge in [0.05, 0.1) is 10.9 Å². The molecule has 0 saturated carbocycles. The fraction of sp³-hybridized carbons (Fsp3) is 0.273. The van der Waals surface area contributed by atoms with Crippen LogP contribution in [0.25, 0.3) is 10.9 Å². The van der Waals surface area contributed by atoms with Gasteiger partial charge in [0.15, 0.2) is 0 Å². The van der Waals surface area contributed by atoms with Crippen LogP contribution in [0.15, 0.2) is 26.6 Å². The van der Waals surface area contributed by atoms with Gasteiger partial charge in [-0.1, -0.05) is 19.9 Å². The molecule has 0 atom stereocenters. The number of aromatic amines is 2. The lowest BCUT2D eigenvalue weighted by Gasteiger charge is -2.11. The molecular formula is C11H12N2O5S. The number of H-pyrrole nitrogens is 2. The Kier molecular flexibility index (Phi) is 3.07. The van der Waals surface area contributed by atoms with E-state index in [0.717, 1.165) is 6.07 Å². The summed E-state index contributed by atoms with van der Waals surface area (Å²) < 4.78 is 31.7. The van der Waals surface area contributed by atoms with E-state index in [1.54, 1.807) is 0 Å². The largest absolute Gasteiger partial charge is 0.326 e. The molecule has 0 aliphatic rings. The Morgan fingerprint density at radius 3 is 2.32 bits per heavy atom. The summed E-state index contributed by atoms with van der Waals surface area (Å²) in [7, 11) is -4.55. The number of fused-ring (bicyclic) bond motifs is 1. The lowest BCUT2D eigenvalue weighted by atomic mass is 10.0. The Labute approximate surface area is 108 Å². The summed E-state index contributed by atoms with van der Waals surface area (Å²) in [5.41, 5.74) is -0.842. The van der Waals surface area contributed by atoms with E-state index in [4.69, 9.17) is 4.55 Å². The van der Waals surface area contributed by atoms with Gasteiger partial charge in [-0.25, -0.2) is 4.79 Å². The van der Waals surface area contributed by atoms with Crippen molar-refractivity contribution in [1.29, 1.82) is 0 Å². The molecule has 102 valence electrons. The molecule has 0 saturated heterocycles. The normalized spacial score (nSPS) is 12.2. The number of nitrogens with one attached hydrogen (secondary N) is 2. The van der Waals surface area contributed by atoms with Gasteiger partial charge < -0.3 is 4.98 Å². The van der Waals surface area contributed by atoms with Crippen LogP contribution >= 0.6 is 0 Å². The fourth-order valence-corrected chi connectivity index (χ4v) is 2.66. The first-order chi connectivity index (χ1) is 8.71. The highest BCUT2D eigenvalue weighted by atomic mass is 32.2. The molecule has 1 aromatic heterocycles. The molecule has 19 heavy (non-hydrogen) atoms. The van der Waals surface area contributed by atoms with Crippen LogP contribution in [0.4, 0.5) is 0 Å². The summed E-state index contributed by atoms with van der Waals surface area (Å²) in [4.78, 5) is 26.9. The van der Waals surface area contributed by atoms with Crippen molar-refractivity contribution in [2.75, 3.05) is 0 Å². The van der Waals surface area contributed by atoms with Crippen molar-refractivity contribution in [2.24, 2.45) is 0 Å². The lowest BCUT2D eigenvalue weighted by molar-refractivity contribution is 0.484. The van der Waals surface area contributed by atoms with Crippen molar-refractivity contribution in [3.05, 3.63) is 38.5 Å². The lowest BCUT2D eigenvalue weighted by Crippen LogP contribution is -2.24. The van der Waals surface area contributed by atoms with Crippen molar-refractivity contribution in [1.82, 2.24) is 9.97 Å². The number of benzene rings is 1. The van der Waals surface area contributed by atoms with Crippen LogP contribution in [0.3, 0.4) is 0 Å². The second-order valence-electron chi connectivity index (χ2n) is 4.44. The molecule has 0 spiro atoms. The Balaban J connectivity index is 3.12. The molecule has 0 aliphatic heterocycles. The maximum atomic E-state index is 11.8. The van der Waals surface area contributed by atoms with E-state index < -0.39 is 26.3 Å². The van der Waals surface area contributed by atoms with E-state index in [-0.39, 0.29) is 16.8 Å². The monoisotopic (exact) mass is 284 g/mol. The van der Waals surface area contributed by atoms with Crippen molar-refractivity contribution < 1.29 is 13.0 Å². The van der Waals surface area contributed by atoms with Crippen molar-refractivity contribution in [2.45, 2.75) is 24.7 Å². The van der Waals surface area contributed by atoms with Crippen LogP contribution < -0.4 is 11.2 Å². The summed E-state index contributed by atoms with van der Waals surface area (Å²) in [6.07, 6.45) is 0. The van der Waals surface area contributed by atoms with Gasteiger partial charge in [-0.05, 0) is 17.5 Å². The molecular weight excluding hydrogens is 272 g/mol. The molecule has 0 fully saturated rings. The van der Waals surface area contributed by atoms with Gasteiger partial charge in [-0.3, -0.25) is 14.3 Å². The van der Waals surface area contributed by atoms with Crippen LogP contribution in [0, 0.1) is 0 Å². The zero-order chi connectivity index (χ0) is 14.4. The molecule has 0 radical (unpaired) electrons. The molecule has 8 heteroatoms. The van der Waals surface area contributed by atoms with E-state index in [9.17, 15) is 18.0 Å². The first-order valence-corrected chi connectivity index (χ1v) is 6.92. The topological polar surface area (TPSA) is 120 Å². The standard InChI is InChI=1S/C11H12N2O5S/c1-5(2)6-3-4-7(19(16,17)18)8-9(6)12-11(15)13-10(8)14/h3-5H,1-2H3,(H,16,17,18)(H2,12,13,14,15). The van der Waals surface area contributed by atoms with Gasteiger partial charge in [-0.2, -0.15) is 8.42 Å². The Hall–Kier alpha value is -1.93. The third-order valence-corrected chi connectivity index (χ3v) is 3.69. The van der Waals surface area contributed by atoms with Crippen molar-refractivity contribution in [3.8, 4) is 0 Å². The van der Waals surface area contributed by atoms with E-state index in [2.05, 4.69) is 4.98 Å². The first kappa shape index (κ1) is 13.5. The highest BCUT2D eigenvalue weighted by Crippen LogP contribution is 2.25. The van der Waals surface area contributed by atoms with Crippen molar-refractivity contribution in [3.63, 3.8) is 0 Å². The molecule has 2 rings (SSSR count). The summed E-state index contributed by atoms with van der Waals surface area (Å²) in [5, 5.41) is -0.242. The minimum Gasteiger partial charge on any atom is -0.307 e. The average molecular weight is 284 g/mol. The third-order valence-electron chi connectivity index (χ3n) is 2.79. The smallest absolute Gasteiger partial charge is 0.307 e. The van der Waals surface area contributed by atoms with Gasteiger partial charge in [0.1, 0.15) is 4.90 Å². The molecule has 7 nitrogen and oxygen atoms in total. The Bertz CT molecular complexity index is 861. The van der Waals surface area contributed by atoms with Crippen LogP contribution in [-0.2, 0) is 10.1 Å². The molecule has 0 bridgehead atoms. The number of aromatic nitrogens is 2. The fourth-order valence-electron chi connectivity index (χ4n) is 1.97. The van der Waals surface area contributed by atoms with Crippen LogP contribution in [0.1, 0.15) is 25.3 Å². The Morgan fingerprint density at radius 2 is 1.79 bits per heavy atom. The van der Waals surface area contributed by atoms with E-state index in [1.807, 2.05) is 18.8 Å². The minimum atomic E-state index is -4.55. The number of hydrogen-bond donors (Lipinski definition) is 3. The molecule has 0 amide bonds. The van der Waals surface area contributed by atoms with E-state index >= 15 is 0 Å². The molecule has 0 aliphatic carbocycles. The molecule has 2 aromatic rings. The SMILES string of the molecule is CC(C)c1ccc(S(=O)(=O)O)c2c(=O)[nH]c(=O)[nH]c12. The zero-order valence-electron chi connectivity index (χ0n) is 10.2. The third kappa shape index (κ3) is 2.32. The van der Waals surface area contributed by atoms with E-state index in [1.165, 1.54) is 6.07 Å². The zero-order valence-corrected chi connectivity index (χ0v) is 11.0. The number of rotatable bonds is 2. The highest BCUT2D eigenvalue weighted by Gasteiger charge is 2.20. The summed E-state index contributed by atoms with van der Waals surface area (Å²) in [6.45, 7) is 3.67. The maximum Gasteiger partial charge on any atom is 0.326 e. The molecule has 0 unspecified atom stereocenters. The van der Waals surface area contributed by atoms with Gasteiger partial charge in [0.2, 0.25) is 0 Å². The molecule has 1 aromatic carbocycles. The second-order valence-corrected chi connectivity index (χ2v) is 5.83. The van der Waals surface area contributed by atoms with Gasteiger partial charge in [-0.15, -0.1) is 0 Å². The van der Waals surface area contributed by atoms with Crippen molar-refractivity contribution >= 4 is 21.0 Å². The van der Waals surface area contributed by atoms with Crippen LogP contribution in [-0.4, -0.2) is 22.9 Å². The average Bonchev–Trinajstić information content (AvgIpc) is 2.25. The van der Waals surface area contributed by atoms with Gasteiger partial charge in [0.25, 0.3) is 15.7 Å².